The van der Waals surface area contributed by atoms with Gasteiger partial charge in [0.25, 0.3) is 0 Å². The number of nitrogens with one attached hydrogen (secondary N) is 2. The summed E-state index contributed by atoms with van der Waals surface area (Å²) in [5.41, 5.74) is 0.579. The third-order valence-electron chi connectivity index (χ3n) is 6.26. The van der Waals surface area contributed by atoms with Crippen LogP contribution in [0.5, 0.6) is 0 Å². The van der Waals surface area contributed by atoms with Gasteiger partial charge in [-0.3, -0.25) is 9.89 Å². The minimum atomic E-state index is 0.234. The van der Waals surface area contributed by atoms with Gasteiger partial charge in [0.1, 0.15) is 0 Å². The number of piperidine rings is 1. The Morgan fingerprint density at radius 2 is 1.68 bits per heavy atom. The Morgan fingerprint density at radius 1 is 1.00 bits per heavy atom. The summed E-state index contributed by atoms with van der Waals surface area (Å²) in [4.78, 5) is 7.66. The lowest BCUT2D eigenvalue weighted by Gasteiger charge is -2.48. The molecule has 0 aromatic carbocycles. The zero-order valence-electron chi connectivity index (χ0n) is 16.4. The van der Waals surface area contributed by atoms with Gasteiger partial charge < -0.3 is 15.4 Å². The largest absolute Gasteiger partial charge is 0.380 e. The molecule has 144 valence electrons. The Balaban J connectivity index is 1.61. The van der Waals surface area contributed by atoms with Gasteiger partial charge in [0.15, 0.2) is 5.96 Å². The summed E-state index contributed by atoms with van der Waals surface area (Å²) in [6.07, 6.45) is 11.0. The number of aliphatic imine (C=N–C) groups is 1. The quantitative estimate of drug-likeness (QED) is 0.571. The number of ether oxygens (including phenoxy) is 1. The van der Waals surface area contributed by atoms with E-state index in [0.29, 0.717) is 5.54 Å². The Hall–Kier alpha value is -0.810. The Morgan fingerprint density at radius 3 is 2.28 bits per heavy atom. The van der Waals surface area contributed by atoms with Gasteiger partial charge in [0.2, 0.25) is 0 Å². The first kappa shape index (κ1) is 19.0. The topological polar surface area (TPSA) is 48.9 Å². The van der Waals surface area contributed by atoms with Crippen LogP contribution in [0.25, 0.3) is 0 Å². The van der Waals surface area contributed by atoms with Gasteiger partial charge in [0.05, 0.1) is 19.8 Å². The molecule has 0 aromatic heterocycles. The number of rotatable bonds is 6. The van der Waals surface area contributed by atoms with Crippen LogP contribution in [0.1, 0.15) is 65.2 Å². The third kappa shape index (κ3) is 4.88. The van der Waals surface area contributed by atoms with Gasteiger partial charge in [-0.05, 0) is 45.7 Å². The molecular weight excluding hydrogens is 312 g/mol. The first-order valence-corrected chi connectivity index (χ1v) is 10.5. The molecule has 0 radical (unpaired) electrons. The molecule has 0 atom stereocenters. The second-order valence-electron chi connectivity index (χ2n) is 8.68. The Labute approximate surface area is 154 Å². The summed E-state index contributed by atoms with van der Waals surface area (Å²) in [6, 6.07) is 0. The van der Waals surface area contributed by atoms with Crippen LogP contribution in [0.15, 0.2) is 4.99 Å². The maximum absolute atomic E-state index is 5.36. The van der Waals surface area contributed by atoms with Gasteiger partial charge >= 0.3 is 0 Å². The fourth-order valence-electron chi connectivity index (χ4n) is 4.58. The van der Waals surface area contributed by atoms with Crippen molar-refractivity contribution in [3.63, 3.8) is 0 Å². The molecule has 3 aliphatic rings. The smallest absolute Gasteiger partial charge is 0.191 e. The zero-order valence-corrected chi connectivity index (χ0v) is 16.4. The van der Waals surface area contributed by atoms with Crippen molar-refractivity contribution in [2.24, 2.45) is 10.4 Å². The number of likely N-dealkylation sites (tertiary alicyclic amines) is 1. The first-order chi connectivity index (χ1) is 12.2. The summed E-state index contributed by atoms with van der Waals surface area (Å²) >= 11 is 0. The van der Waals surface area contributed by atoms with Crippen molar-refractivity contribution < 1.29 is 4.74 Å². The lowest BCUT2D eigenvalue weighted by Crippen LogP contribution is -2.59. The summed E-state index contributed by atoms with van der Waals surface area (Å²) in [5, 5.41) is 7.15. The summed E-state index contributed by atoms with van der Waals surface area (Å²) < 4.78 is 5.36. The highest BCUT2D eigenvalue weighted by Gasteiger charge is 2.38. The molecule has 2 heterocycles. The summed E-state index contributed by atoms with van der Waals surface area (Å²) in [7, 11) is 0. The van der Waals surface area contributed by atoms with E-state index in [1.165, 1.54) is 64.5 Å². The van der Waals surface area contributed by atoms with Crippen LogP contribution in [0.3, 0.4) is 0 Å². The van der Waals surface area contributed by atoms with E-state index < -0.39 is 0 Å². The highest BCUT2D eigenvalue weighted by molar-refractivity contribution is 5.79. The molecular formula is C20H38N4O. The lowest BCUT2D eigenvalue weighted by molar-refractivity contribution is -0.0945. The molecule has 2 saturated heterocycles. The molecule has 25 heavy (non-hydrogen) atoms. The van der Waals surface area contributed by atoms with Crippen molar-refractivity contribution in [3.05, 3.63) is 0 Å². The molecule has 0 aromatic rings. The van der Waals surface area contributed by atoms with E-state index in [2.05, 4.69) is 29.4 Å². The van der Waals surface area contributed by atoms with Crippen molar-refractivity contribution in [1.82, 2.24) is 15.5 Å². The maximum atomic E-state index is 5.36. The van der Waals surface area contributed by atoms with Gasteiger partial charge in [0, 0.05) is 24.0 Å². The van der Waals surface area contributed by atoms with E-state index >= 15 is 0 Å². The molecule has 2 aliphatic heterocycles. The van der Waals surface area contributed by atoms with Crippen LogP contribution in [0, 0.1) is 5.41 Å². The summed E-state index contributed by atoms with van der Waals surface area (Å²) in [5.74, 6) is 0.984. The molecule has 0 spiro atoms. The predicted octanol–water partition coefficient (Wildman–Crippen LogP) is 2.77. The molecule has 5 nitrogen and oxygen atoms in total. The minimum absolute atomic E-state index is 0.234. The average molecular weight is 351 g/mol. The highest BCUT2D eigenvalue weighted by Crippen LogP contribution is 2.35. The van der Waals surface area contributed by atoms with Crippen molar-refractivity contribution in [3.8, 4) is 0 Å². The van der Waals surface area contributed by atoms with Crippen LogP contribution in [-0.2, 0) is 4.74 Å². The fourth-order valence-corrected chi connectivity index (χ4v) is 4.58. The van der Waals surface area contributed by atoms with Crippen molar-refractivity contribution in [1.29, 1.82) is 0 Å². The second kappa shape index (κ2) is 8.72. The average Bonchev–Trinajstić information content (AvgIpc) is 2.64. The standard InChI is InChI=1S/C20H38N4O/c1-3-21-18(22-14-19(2)16-25-17-19)23-15-20(10-6-4-7-11-20)24-12-8-5-9-13-24/h3-17H2,1-2H3,(H2,21,22,23). The van der Waals surface area contributed by atoms with Crippen LogP contribution in [0.2, 0.25) is 0 Å². The van der Waals surface area contributed by atoms with E-state index in [0.717, 1.165) is 38.8 Å². The molecule has 1 aliphatic carbocycles. The SMILES string of the molecule is CCNC(=NCC1(C)COC1)NCC1(N2CCCCC2)CCCCC1. The third-order valence-corrected chi connectivity index (χ3v) is 6.26. The molecule has 0 unspecified atom stereocenters. The van der Waals surface area contributed by atoms with Crippen LogP contribution >= 0.6 is 0 Å². The maximum Gasteiger partial charge on any atom is 0.191 e. The van der Waals surface area contributed by atoms with Crippen molar-refractivity contribution >= 4 is 5.96 Å². The van der Waals surface area contributed by atoms with E-state index in [-0.39, 0.29) is 5.41 Å². The van der Waals surface area contributed by atoms with E-state index in [4.69, 9.17) is 9.73 Å². The Kier molecular flexibility index (Phi) is 6.61. The van der Waals surface area contributed by atoms with E-state index in [1.807, 2.05) is 0 Å². The number of nitrogens with zero attached hydrogens (tertiary/aromatic N) is 2. The van der Waals surface area contributed by atoms with Gasteiger partial charge in [-0.15, -0.1) is 0 Å². The zero-order chi connectivity index (χ0) is 17.6. The molecule has 0 amide bonds. The van der Waals surface area contributed by atoms with Crippen LogP contribution in [-0.4, -0.2) is 62.3 Å². The highest BCUT2D eigenvalue weighted by atomic mass is 16.5. The first-order valence-electron chi connectivity index (χ1n) is 10.5. The predicted molar refractivity (Wildman–Crippen MR) is 104 cm³/mol. The Bertz CT molecular complexity index is 435. The molecule has 5 heteroatoms. The van der Waals surface area contributed by atoms with Gasteiger partial charge in [-0.1, -0.05) is 32.6 Å². The van der Waals surface area contributed by atoms with Gasteiger partial charge in [-0.2, -0.15) is 0 Å². The molecule has 2 N–H and O–H groups in total. The number of hydrogen-bond donors (Lipinski definition) is 2. The van der Waals surface area contributed by atoms with Crippen LogP contribution < -0.4 is 10.6 Å². The number of hydrogen-bond acceptors (Lipinski definition) is 3. The van der Waals surface area contributed by atoms with Crippen molar-refractivity contribution in [2.45, 2.75) is 70.8 Å². The minimum Gasteiger partial charge on any atom is -0.380 e. The van der Waals surface area contributed by atoms with Crippen molar-refractivity contribution in [2.75, 3.05) is 45.9 Å². The molecule has 3 rings (SSSR count). The fraction of sp³-hybridized carbons (Fsp3) is 0.950. The van der Waals surface area contributed by atoms with Gasteiger partial charge in [-0.25, -0.2) is 0 Å². The second-order valence-corrected chi connectivity index (χ2v) is 8.68. The molecule has 0 bridgehead atoms. The molecule has 1 saturated carbocycles. The van der Waals surface area contributed by atoms with Crippen LogP contribution in [0.4, 0.5) is 0 Å². The lowest BCUT2D eigenvalue weighted by atomic mass is 9.79. The number of guanidine groups is 1. The normalized spacial score (nSPS) is 26.7. The van der Waals surface area contributed by atoms with E-state index in [9.17, 15) is 0 Å². The molecule has 3 fully saturated rings. The summed E-state index contributed by atoms with van der Waals surface area (Å²) in [6.45, 7) is 11.4. The monoisotopic (exact) mass is 350 g/mol. The van der Waals surface area contributed by atoms with E-state index in [1.54, 1.807) is 0 Å².